The molecule has 0 atom stereocenters. The van der Waals surface area contributed by atoms with Crippen molar-refractivity contribution in [1.82, 2.24) is 15.2 Å². The number of aromatic nitrogens is 1. The first-order chi connectivity index (χ1) is 11.6. The maximum Gasteiger partial charge on any atom is 0.247 e. The molecule has 124 valence electrons. The summed E-state index contributed by atoms with van der Waals surface area (Å²) in [5.74, 6) is 0.0481. The van der Waals surface area contributed by atoms with E-state index in [4.69, 9.17) is 0 Å². The lowest BCUT2D eigenvalue weighted by atomic mass is 9.98. The average Bonchev–Trinajstić information content (AvgIpc) is 2.94. The highest BCUT2D eigenvalue weighted by Gasteiger charge is 2.25. The third-order valence-electron chi connectivity index (χ3n) is 4.30. The van der Waals surface area contributed by atoms with Crippen molar-refractivity contribution < 1.29 is 4.79 Å². The van der Waals surface area contributed by atoms with Crippen LogP contribution in [0.1, 0.15) is 16.7 Å². The van der Waals surface area contributed by atoms with Crippen LogP contribution in [0.2, 0.25) is 0 Å². The summed E-state index contributed by atoms with van der Waals surface area (Å²) in [4.78, 5) is 18.9. The lowest BCUT2D eigenvalue weighted by molar-refractivity contribution is -0.117. The summed E-state index contributed by atoms with van der Waals surface area (Å²) in [6.07, 6.45) is 5.09. The van der Waals surface area contributed by atoms with Crippen LogP contribution in [-0.2, 0) is 17.6 Å². The second kappa shape index (κ2) is 7.41. The highest BCUT2D eigenvalue weighted by atomic mass is 16.1. The molecule has 0 saturated carbocycles. The Kier molecular flexibility index (Phi) is 5.06. The van der Waals surface area contributed by atoms with Crippen LogP contribution in [0.5, 0.6) is 0 Å². The van der Waals surface area contributed by atoms with Gasteiger partial charge in [0.05, 0.1) is 0 Å². The normalized spacial score (nSPS) is 13.3. The fourth-order valence-electron chi connectivity index (χ4n) is 3.05. The minimum atomic E-state index is 0.0481. The highest BCUT2D eigenvalue weighted by molar-refractivity contribution is 6.04. The number of fused-ring (bicyclic) bond motifs is 1. The number of nitrogens with one attached hydrogen (secondary N) is 1. The van der Waals surface area contributed by atoms with E-state index in [2.05, 4.69) is 33.4 Å². The zero-order chi connectivity index (χ0) is 16.9. The van der Waals surface area contributed by atoms with Crippen molar-refractivity contribution in [2.75, 3.05) is 27.2 Å². The van der Waals surface area contributed by atoms with E-state index in [1.165, 1.54) is 11.1 Å². The number of rotatable bonds is 6. The molecule has 0 spiro atoms. The molecule has 1 heterocycles. The van der Waals surface area contributed by atoms with Crippen LogP contribution in [0.3, 0.4) is 0 Å². The largest absolute Gasteiger partial charge is 0.351 e. The zero-order valence-electron chi connectivity index (χ0n) is 14.2. The summed E-state index contributed by atoms with van der Waals surface area (Å²) in [5.41, 5.74) is 5.57. The standard InChI is InChI=1S/C20H23N3O/c1-23(2)11-10-22-20(24)19-13-16-7-3-4-8-17(16)18(19)12-15-6-5-9-21-14-15/h3-9,14H,10-13H2,1-2H3,(H,22,24). The monoisotopic (exact) mass is 321 g/mol. The molecule has 2 aromatic rings. The molecule has 0 fully saturated rings. The van der Waals surface area contributed by atoms with E-state index >= 15 is 0 Å². The number of hydrogen-bond donors (Lipinski definition) is 1. The second-order valence-corrected chi connectivity index (χ2v) is 6.39. The van der Waals surface area contributed by atoms with Gasteiger partial charge in [0, 0.05) is 43.9 Å². The van der Waals surface area contributed by atoms with E-state index < -0.39 is 0 Å². The molecule has 0 radical (unpaired) electrons. The van der Waals surface area contributed by atoms with E-state index in [0.29, 0.717) is 13.0 Å². The lowest BCUT2D eigenvalue weighted by Gasteiger charge is -2.12. The third kappa shape index (κ3) is 3.71. The quantitative estimate of drug-likeness (QED) is 0.888. The van der Waals surface area contributed by atoms with Crippen LogP contribution >= 0.6 is 0 Å². The predicted octanol–water partition coefficient (Wildman–Crippen LogP) is 2.31. The van der Waals surface area contributed by atoms with Gasteiger partial charge in [-0.3, -0.25) is 9.78 Å². The number of benzene rings is 1. The van der Waals surface area contributed by atoms with Gasteiger partial charge in [-0.1, -0.05) is 30.3 Å². The number of pyridine rings is 1. The fourth-order valence-corrected chi connectivity index (χ4v) is 3.05. The number of carbonyl (C=O) groups is 1. The Morgan fingerprint density at radius 1 is 1.21 bits per heavy atom. The van der Waals surface area contributed by atoms with Gasteiger partial charge in [0.2, 0.25) is 5.91 Å². The van der Waals surface area contributed by atoms with Crippen LogP contribution < -0.4 is 5.32 Å². The zero-order valence-corrected chi connectivity index (χ0v) is 14.2. The SMILES string of the molecule is CN(C)CCNC(=O)C1=C(Cc2cccnc2)c2ccccc2C1. The van der Waals surface area contributed by atoms with E-state index in [1.54, 1.807) is 6.20 Å². The Labute approximate surface area is 143 Å². The summed E-state index contributed by atoms with van der Waals surface area (Å²) >= 11 is 0. The van der Waals surface area contributed by atoms with Gasteiger partial charge in [0.15, 0.2) is 0 Å². The van der Waals surface area contributed by atoms with E-state index in [9.17, 15) is 4.79 Å². The van der Waals surface area contributed by atoms with Crippen LogP contribution in [0, 0.1) is 0 Å². The third-order valence-corrected chi connectivity index (χ3v) is 4.30. The van der Waals surface area contributed by atoms with Crippen molar-refractivity contribution in [3.8, 4) is 0 Å². The second-order valence-electron chi connectivity index (χ2n) is 6.39. The first-order valence-electron chi connectivity index (χ1n) is 8.27. The van der Waals surface area contributed by atoms with Gasteiger partial charge in [-0.25, -0.2) is 0 Å². The van der Waals surface area contributed by atoms with Crippen molar-refractivity contribution in [1.29, 1.82) is 0 Å². The topological polar surface area (TPSA) is 45.2 Å². The smallest absolute Gasteiger partial charge is 0.247 e. The molecule has 24 heavy (non-hydrogen) atoms. The van der Waals surface area contributed by atoms with Crippen LogP contribution in [0.4, 0.5) is 0 Å². The molecule has 0 saturated heterocycles. The van der Waals surface area contributed by atoms with Gasteiger partial charge < -0.3 is 10.2 Å². The van der Waals surface area contributed by atoms with Gasteiger partial charge in [-0.05, 0) is 42.4 Å². The summed E-state index contributed by atoms with van der Waals surface area (Å²) in [6, 6.07) is 12.3. The molecule has 0 unspecified atom stereocenters. The van der Waals surface area contributed by atoms with Gasteiger partial charge in [0.1, 0.15) is 0 Å². The number of allylic oxidation sites excluding steroid dienone is 1. The Morgan fingerprint density at radius 3 is 2.79 bits per heavy atom. The van der Waals surface area contributed by atoms with E-state index in [1.807, 2.05) is 38.5 Å². The highest BCUT2D eigenvalue weighted by Crippen LogP contribution is 2.35. The first-order valence-corrected chi connectivity index (χ1v) is 8.27. The van der Waals surface area contributed by atoms with E-state index in [-0.39, 0.29) is 5.91 Å². The maximum atomic E-state index is 12.7. The number of hydrogen-bond acceptors (Lipinski definition) is 3. The Hall–Kier alpha value is -2.46. The van der Waals surface area contributed by atoms with Crippen molar-refractivity contribution >= 4 is 11.5 Å². The minimum Gasteiger partial charge on any atom is -0.351 e. The molecule has 0 bridgehead atoms. The van der Waals surface area contributed by atoms with Gasteiger partial charge in [-0.15, -0.1) is 0 Å². The maximum absolute atomic E-state index is 12.7. The van der Waals surface area contributed by atoms with Crippen molar-refractivity contribution in [3.05, 3.63) is 71.1 Å². The molecule has 1 aromatic carbocycles. The van der Waals surface area contributed by atoms with Crippen LogP contribution in [0.15, 0.2) is 54.4 Å². The molecular weight excluding hydrogens is 298 g/mol. The van der Waals surface area contributed by atoms with E-state index in [0.717, 1.165) is 29.7 Å². The number of likely N-dealkylation sites (N-methyl/N-ethyl adjacent to an activating group) is 1. The molecule has 1 aromatic heterocycles. The Balaban J connectivity index is 1.85. The number of amides is 1. The molecule has 1 aliphatic rings. The Bertz CT molecular complexity index is 750. The summed E-state index contributed by atoms with van der Waals surface area (Å²) in [5, 5.41) is 3.05. The Morgan fingerprint density at radius 2 is 2.04 bits per heavy atom. The van der Waals surface area contributed by atoms with Crippen LogP contribution in [0.25, 0.3) is 5.57 Å². The first kappa shape index (κ1) is 16.4. The van der Waals surface area contributed by atoms with Crippen LogP contribution in [-0.4, -0.2) is 43.0 Å². The summed E-state index contributed by atoms with van der Waals surface area (Å²) in [7, 11) is 4.01. The molecular formula is C20H23N3O. The predicted molar refractivity (Wildman–Crippen MR) is 96.6 cm³/mol. The molecule has 3 rings (SSSR count). The molecule has 1 amide bonds. The lowest BCUT2D eigenvalue weighted by Crippen LogP contribution is -2.32. The molecule has 1 N–H and O–H groups in total. The van der Waals surface area contributed by atoms with Gasteiger partial charge >= 0.3 is 0 Å². The van der Waals surface area contributed by atoms with Gasteiger partial charge in [0.25, 0.3) is 0 Å². The fraction of sp³-hybridized carbons (Fsp3) is 0.300. The molecule has 4 nitrogen and oxygen atoms in total. The van der Waals surface area contributed by atoms with Crippen molar-refractivity contribution in [2.24, 2.45) is 0 Å². The summed E-state index contributed by atoms with van der Waals surface area (Å²) in [6.45, 7) is 1.50. The minimum absolute atomic E-state index is 0.0481. The summed E-state index contributed by atoms with van der Waals surface area (Å²) < 4.78 is 0. The van der Waals surface area contributed by atoms with Crippen molar-refractivity contribution in [3.63, 3.8) is 0 Å². The number of nitrogens with zero attached hydrogens (tertiary/aromatic N) is 2. The molecule has 4 heteroatoms. The average molecular weight is 321 g/mol. The molecule has 1 aliphatic carbocycles. The van der Waals surface area contributed by atoms with Crippen molar-refractivity contribution in [2.45, 2.75) is 12.8 Å². The molecule has 0 aliphatic heterocycles. The van der Waals surface area contributed by atoms with Gasteiger partial charge in [-0.2, -0.15) is 0 Å². The number of carbonyl (C=O) groups excluding carboxylic acids is 1.